The Balaban J connectivity index is 2.18. The molecule has 18 heavy (non-hydrogen) atoms. The molecule has 3 heteroatoms. The maximum atomic E-state index is 11.0. The maximum absolute atomic E-state index is 11.0. The number of para-hydroxylation sites is 1. The summed E-state index contributed by atoms with van der Waals surface area (Å²) in [6.45, 7) is 8.42. The predicted molar refractivity (Wildman–Crippen MR) is 72.7 cm³/mol. The molecule has 0 bridgehead atoms. The summed E-state index contributed by atoms with van der Waals surface area (Å²) in [5.74, 6) is 1.48. The monoisotopic (exact) mass is 249 g/mol. The van der Waals surface area contributed by atoms with Gasteiger partial charge >= 0.3 is 0 Å². The molecule has 2 unspecified atom stereocenters. The lowest BCUT2D eigenvalue weighted by molar-refractivity contribution is -0.0500. The van der Waals surface area contributed by atoms with E-state index in [1.54, 1.807) is 0 Å². The van der Waals surface area contributed by atoms with Crippen LogP contribution in [-0.4, -0.2) is 24.8 Å². The Morgan fingerprint density at radius 1 is 1.44 bits per heavy atom. The molecule has 0 aromatic heterocycles. The van der Waals surface area contributed by atoms with E-state index in [0.29, 0.717) is 19.1 Å². The molecule has 2 rings (SSSR count). The molecule has 3 nitrogen and oxygen atoms in total. The highest BCUT2D eigenvalue weighted by atomic mass is 16.5. The Labute approximate surface area is 109 Å². The molecule has 0 amide bonds. The van der Waals surface area contributed by atoms with Gasteiger partial charge in [-0.3, -0.25) is 0 Å². The van der Waals surface area contributed by atoms with Crippen molar-refractivity contribution < 1.29 is 9.84 Å². The number of nitrogens with one attached hydrogen (secondary N) is 1. The fourth-order valence-electron chi connectivity index (χ4n) is 2.39. The van der Waals surface area contributed by atoms with Gasteiger partial charge in [0.2, 0.25) is 0 Å². The van der Waals surface area contributed by atoms with Crippen LogP contribution in [0.15, 0.2) is 24.3 Å². The standard InChI is InChI=1S/C15H23NO2/c1-11(2)8-16-10-15(17)12(3)9-18-14-7-5-4-6-13(14)15/h4-7,11-12,16-17H,8-10H2,1-3H3. The minimum atomic E-state index is -0.830. The van der Waals surface area contributed by atoms with Gasteiger partial charge in [-0.25, -0.2) is 0 Å². The third-order valence-corrected chi connectivity index (χ3v) is 3.60. The summed E-state index contributed by atoms with van der Waals surface area (Å²) in [5.41, 5.74) is 0.0732. The van der Waals surface area contributed by atoms with Gasteiger partial charge in [0.1, 0.15) is 11.4 Å². The molecular weight excluding hydrogens is 226 g/mol. The van der Waals surface area contributed by atoms with E-state index in [1.165, 1.54) is 0 Å². The van der Waals surface area contributed by atoms with E-state index in [4.69, 9.17) is 4.74 Å². The average molecular weight is 249 g/mol. The van der Waals surface area contributed by atoms with E-state index in [-0.39, 0.29) is 5.92 Å². The van der Waals surface area contributed by atoms with Crippen LogP contribution < -0.4 is 10.1 Å². The lowest BCUT2D eigenvalue weighted by Crippen LogP contribution is -2.48. The van der Waals surface area contributed by atoms with Crippen molar-refractivity contribution in [1.29, 1.82) is 0 Å². The first-order chi connectivity index (χ1) is 8.54. The summed E-state index contributed by atoms with van der Waals surface area (Å²) >= 11 is 0. The van der Waals surface area contributed by atoms with E-state index in [1.807, 2.05) is 31.2 Å². The van der Waals surface area contributed by atoms with Crippen LogP contribution >= 0.6 is 0 Å². The van der Waals surface area contributed by atoms with Crippen LogP contribution in [0.25, 0.3) is 0 Å². The predicted octanol–water partition coefficient (Wildman–Crippen LogP) is 2.15. The van der Waals surface area contributed by atoms with Crippen molar-refractivity contribution in [3.63, 3.8) is 0 Å². The molecule has 1 aliphatic rings. The molecule has 0 saturated heterocycles. The lowest BCUT2D eigenvalue weighted by atomic mass is 9.80. The second-order valence-electron chi connectivity index (χ2n) is 5.66. The molecule has 2 N–H and O–H groups in total. The second kappa shape index (κ2) is 5.29. The number of benzene rings is 1. The molecular formula is C15H23NO2. The minimum absolute atomic E-state index is 0.0899. The molecule has 0 fully saturated rings. The molecule has 0 saturated carbocycles. The van der Waals surface area contributed by atoms with Gasteiger partial charge < -0.3 is 15.2 Å². The smallest absolute Gasteiger partial charge is 0.125 e. The van der Waals surface area contributed by atoms with Gasteiger partial charge in [0, 0.05) is 18.0 Å². The normalized spacial score (nSPS) is 26.8. The SMILES string of the molecule is CC(C)CNCC1(O)c2ccccc2OCC1C. The minimum Gasteiger partial charge on any atom is -0.493 e. The fraction of sp³-hybridized carbons (Fsp3) is 0.600. The highest BCUT2D eigenvalue weighted by molar-refractivity contribution is 5.40. The molecule has 1 aromatic carbocycles. The summed E-state index contributed by atoms with van der Waals surface area (Å²) in [4.78, 5) is 0. The Morgan fingerprint density at radius 2 is 2.17 bits per heavy atom. The molecule has 0 aliphatic carbocycles. The number of ether oxygens (including phenoxy) is 1. The largest absolute Gasteiger partial charge is 0.493 e. The summed E-state index contributed by atoms with van der Waals surface area (Å²) in [5, 5.41) is 14.3. The zero-order valence-electron chi connectivity index (χ0n) is 11.4. The fourth-order valence-corrected chi connectivity index (χ4v) is 2.39. The zero-order valence-corrected chi connectivity index (χ0v) is 11.4. The van der Waals surface area contributed by atoms with Gasteiger partial charge in [-0.2, -0.15) is 0 Å². The third-order valence-electron chi connectivity index (χ3n) is 3.60. The van der Waals surface area contributed by atoms with Gasteiger partial charge in [0.05, 0.1) is 6.61 Å². The number of hydrogen-bond donors (Lipinski definition) is 2. The van der Waals surface area contributed by atoms with Crippen molar-refractivity contribution in [3.05, 3.63) is 29.8 Å². The van der Waals surface area contributed by atoms with Crippen LogP contribution in [0.1, 0.15) is 26.3 Å². The van der Waals surface area contributed by atoms with Gasteiger partial charge in [-0.1, -0.05) is 39.0 Å². The van der Waals surface area contributed by atoms with E-state index in [9.17, 15) is 5.11 Å². The number of aliphatic hydroxyl groups is 1. The van der Waals surface area contributed by atoms with Crippen LogP contribution in [0.5, 0.6) is 5.75 Å². The Bertz CT molecular complexity index is 405. The Morgan fingerprint density at radius 3 is 2.89 bits per heavy atom. The molecule has 100 valence electrons. The molecule has 1 aliphatic heterocycles. The maximum Gasteiger partial charge on any atom is 0.125 e. The average Bonchev–Trinajstić information content (AvgIpc) is 2.34. The quantitative estimate of drug-likeness (QED) is 0.859. The summed E-state index contributed by atoms with van der Waals surface area (Å²) in [6, 6.07) is 7.78. The second-order valence-corrected chi connectivity index (χ2v) is 5.66. The lowest BCUT2D eigenvalue weighted by Gasteiger charge is -2.39. The summed E-state index contributed by atoms with van der Waals surface area (Å²) in [6.07, 6.45) is 0. The van der Waals surface area contributed by atoms with Crippen molar-refractivity contribution in [1.82, 2.24) is 5.32 Å². The van der Waals surface area contributed by atoms with E-state index in [0.717, 1.165) is 17.9 Å². The van der Waals surface area contributed by atoms with Gasteiger partial charge in [-0.15, -0.1) is 0 Å². The first-order valence-electron chi connectivity index (χ1n) is 6.69. The van der Waals surface area contributed by atoms with Crippen molar-refractivity contribution in [2.75, 3.05) is 19.7 Å². The first-order valence-corrected chi connectivity index (χ1v) is 6.69. The Kier molecular flexibility index (Phi) is 3.93. The van der Waals surface area contributed by atoms with Crippen LogP contribution in [0.4, 0.5) is 0 Å². The van der Waals surface area contributed by atoms with E-state index >= 15 is 0 Å². The van der Waals surface area contributed by atoms with Crippen LogP contribution in [-0.2, 0) is 5.60 Å². The number of fused-ring (bicyclic) bond motifs is 1. The van der Waals surface area contributed by atoms with E-state index in [2.05, 4.69) is 19.2 Å². The van der Waals surface area contributed by atoms with Crippen molar-refractivity contribution >= 4 is 0 Å². The first kappa shape index (κ1) is 13.4. The van der Waals surface area contributed by atoms with Crippen LogP contribution in [0, 0.1) is 11.8 Å². The third kappa shape index (κ3) is 2.52. The number of hydrogen-bond acceptors (Lipinski definition) is 3. The van der Waals surface area contributed by atoms with Gasteiger partial charge in [0.15, 0.2) is 0 Å². The van der Waals surface area contributed by atoms with Gasteiger partial charge in [-0.05, 0) is 18.5 Å². The van der Waals surface area contributed by atoms with E-state index < -0.39 is 5.60 Å². The number of rotatable bonds is 4. The van der Waals surface area contributed by atoms with Crippen molar-refractivity contribution in [3.8, 4) is 5.75 Å². The Hall–Kier alpha value is -1.06. The highest BCUT2D eigenvalue weighted by Gasteiger charge is 2.41. The molecule has 0 spiro atoms. The van der Waals surface area contributed by atoms with Crippen molar-refractivity contribution in [2.45, 2.75) is 26.4 Å². The molecule has 2 atom stereocenters. The topological polar surface area (TPSA) is 41.5 Å². The van der Waals surface area contributed by atoms with Crippen LogP contribution in [0.2, 0.25) is 0 Å². The summed E-state index contributed by atoms with van der Waals surface area (Å²) in [7, 11) is 0. The van der Waals surface area contributed by atoms with Gasteiger partial charge in [0.25, 0.3) is 0 Å². The highest BCUT2D eigenvalue weighted by Crippen LogP contribution is 2.39. The zero-order chi connectivity index (χ0) is 13.2. The summed E-state index contributed by atoms with van der Waals surface area (Å²) < 4.78 is 5.67. The van der Waals surface area contributed by atoms with Crippen LogP contribution in [0.3, 0.4) is 0 Å². The van der Waals surface area contributed by atoms with Crippen molar-refractivity contribution in [2.24, 2.45) is 11.8 Å². The molecule has 0 radical (unpaired) electrons. The molecule has 1 heterocycles. The molecule has 1 aromatic rings.